The van der Waals surface area contributed by atoms with E-state index in [0.717, 1.165) is 0 Å². The topological polar surface area (TPSA) is 64.4 Å². The van der Waals surface area contributed by atoms with Crippen molar-refractivity contribution in [3.8, 4) is 11.5 Å². The number of benzene rings is 2. The predicted octanol–water partition coefficient (Wildman–Crippen LogP) is 2.52. The van der Waals surface area contributed by atoms with Crippen molar-refractivity contribution in [3.05, 3.63) is 54.3 Å². The van der Waals surface area contributed by atoms with Gasteiger partial charge < -0.3 is 15.8 Å². The Balaban J connectivity index is 2.02. The van der Waals surface area contributed by atoms with Crippen molar-refractivity contribution in [2.75, 3.05) is 11.9 Å². The molecule has 2 rings (SSSR count). The molecule has 0 bridgehead atoms. The van der Waals surface area contributed by atoms with Crippen LogP contribution in [0, 0.1) is 5.82 Å². The van der Waals surface area contributed by atoms with Gasteiger partial charge in [0.05, 0.1) is 6.54 Å². The van der Waals surface area contributed by atoms with E-state index in [1.807, 2.05) is 0 Å². The maximum atomic E-state index is 12.7. The molecule has 1 amide bonds. The fraction of sp³-hybridized carbons (Fsp3) is 0.0714. The minimum atomic E-state index is -0.313. The second kappa shape index (κ2) is 5.97. The summed E-state index contributed by atoms with van der Waals surface area (Å²) >= 11 is 0. The van der Waals surface area contributed by atoms with E-state index in [1.165, 1.54) is 12.1 Å². The van der Waals surface area contributed by atoms with Gasteiger partial charge in [0.2, 0.25) is 5.91 Å². The van der Waals surface area contributed by atoms with Crippen LogP contribution in [-0.2, 0) is 4.79 Å². The second-order valence-electron chi connectivity index (χ2n) is 3.83. The number of carbonyl (C=O) groups excluding carboxylic acids is 1. The maximum Gasteiger partial charge on any atom is 0.238 e. The fourth-order valence-corrected chi connectivity index (χ4v) is 1.46. The van der Waals surface area contributed by atoms with Gasteiger partial charge in [-0.05, 0) is 48.5 Å². The molecule has 19 heavy (non-hydrogen) atoms. The van der Waals surface area contributed by atoms with Crippen molar-refractivity contribution in [1.29, 1.82) is 0 Å². The Bertz CT molecular complexity index is 553. The predicted molar refractivity (Wildman–Crippen MR) is 70.6 cm³/mol. The molecule has 0 atom stereocenters. The highest BCUT2D eigenvalue weighted by Gasteiger charge is 2.01. The fourth-order valence-electron chi connectivity index (χ4n) is 1.46. The number of nitrogens with one attached hydrogen (secondary N) is 1. The minimum Gasteiger partial charge on any atom is -0.457 e. The molecule has 0 aromatic heterocycles. The third kappa shape index (κ3) is 3.79. The molecule has 0 aliphatic carbocycles. The molecule has 98 valence electrons. The number of ether oxygens (including phenoxy) is 1. The molecule has 0 aliphatic heterocycles. The van der Waals surface area contributed by atoms with Crippen molar-refractivity contribution < 1.29 is 13.9 Å². The van der Waals surface area contributed by atoms with Gasteiger partial charge in [0.15, 0.2) is 0 Å². The number of anilines is 1. The molecule has 2 aromatic rings. The zero-order chi connectivity index (χ0) is 13.7. The van der Waals surface area contributed by atoms with Crippen LogP contribution in [0.3, 0.4) is 0 Å². The van der Waals surface area contributed by atoms with Gasteiger partial charge in [-0.25, -0.2) is 4.39 Å². The van der Waals surface area contributed by atoms with E-state index in [9.17, 15) is 9.18 Å². The SMILES string of the molecule is NCC(=O)Nc1ccc(Oc2ccc(F)cc2)cc1. The smallest absolute Gasteiger partial charge is 0.238 e. The Morgan fingerprint density at radius 1 is 1.05 bits per heavy atom. The van der Waals surface area contributed by atoms with Crippen LogP contribution < -0.4 is 15.8 Å². The summed E-state index contributed by atoms with van der Waals surface area (Å²) in [5, 5.41) is 2.62. The third-order valence-electron chi connectivity index (χ3n) is 2.37. The summed E-state index contributed by atoms with van der Waals surface area (Å²) in [5.74, 6) is 0.567. The number of hydrogen-bond acceptors (Lipinski definition) is 3. The highest BCUT2D eigenvalue weighted by Crippen LogP contribution is 2.23. The highest BCUT2D eigenvalue weighted by atomic mass is 19.1. The largest absolute Gasteiger partial charge is 0.457 e. The quantitative estimate of drug-likeness (QED) is 0.887. The summed E-state index contributed by atoms with van der Waals surface area (Å²) in [6.45, 7) is -0.0617. The summed E-state index contributed by atoms with van der Waals surface area (Å²) in [4.78, 5) is 11.1. The van der Waals surface area contributed by atoms with Gasteiger partial charge in [-0.2, -0.15) is 0 Å². The molecule has 4 nitrogen and oxygen atoms in total. The number of nitrogens with two attached hydrogens (primary N) is 1. The van der Waals surface area contributed by atoms with Crippen LogP contribution in [0.2, 0.25) is 0 Å². The molecule has 0 fully saturated rings. The molecule has 0 saturated carbocycles. The van der Waals surface area contributed by atoms with Gasteiger partial charge in [-0.15, -0.1) is 0 Å². The van der Waals surface area contributed by atoms with E-state index in [0.29, 0.717) is 17.2 Å². The minimum absolute atomic E-state index is 0.0617. The average molecular weight is 260 g/mol. The molecule has 0 unspecified atom stereocenters. The summed E-state index contributed by atoms with van der Waals surface area (Å²) in [6, 6.07) is 12.5. The number of amides is 1. The van der Waals surface area contributed by atoms with Gasteiger partial charge in [-0.1, -0.05) is 0 Å². The Hall–Kier alpha value is -2.40. The molecule has 2 aromatic carbocycles. The van der Waals surface area contributed by atoms with Crippen LogP contribution in [0.1, 0.15) is 0 Å². The van der Waals surface area contributed by atoms with Crippen molar-refractivity contribution in [3.63, 3.8) is 0 Å². The Morgan fingerprint density at radius 2 is 1.58 bits per heavy atom. The van der Waals surface area contributed by atoms with Crippen LogP contribution in [0.5, 0.6) is 11.5 Å². The van der Waals surface area contributed by atoms with Crippen LogP contribution in [0.4, 0.5) is 10.1 Å². The molecule has 0 radical (unpaired) electrons. The molecule has 0 saturated heterocycles. The normalized spacial score (nSPS) is 10.0. The van der Waals surface area contributed by atoms with Crippen molar-refractivity contribution in [1.82, 2.24) is 0 Å². The number of carbonyl (C=O) groups is 1. The van der Waals surface area contributed by atoms with E-state index in [4.69, 9.17) is 10.5 Å². The van der Waals surface area contributed by atoms with Crippen molar-refractivity contribution in [2.24, 2.45) is 5.73 Å². The lowest BCUT2D eigenvalue weighted by Crippen LogP contribution is -2.21. The van der Waals surface area contributed by atoms with Gasteiger partial charge in [-0.3, -0.25) is 4.79 Å². The van der Waals surface area contributed by atoms with E-state index >= 15 is 0 Å². The molecule has 0 heterocycles. The van der Waals surface area contributed by atoms with Gasteiger partial charge in [0.1, 0.15) is 17.3 Å². The maximum absolute atomic E-state index is 12.7. The lowest BCUT2D eigenvalue weighted by Gasteiger charge is -2.07. The Morgan fingerprint density at radius 3 is 2.11 bits per heavy atom. The molecule has 3 N–H and O–H groups in total. The number of hydrogen-bond donors (Lipinski definition) is 2. The summed E-state index contributed by atoms with van der Waals surface area (Å²) in [6.07, 6.45) is 0. The second-order valence-corrected chi connectivity index (χ2v) is 3.83. The van der Waals surface area contributed by atoms with E-state index in [2.05, 4.69) is 5.32 Å². The summed E-state index contributed by atoms with van der Waals surface area (Å²) in [7, 11) is 0. The first-order chi connectivity index (χ1) is 9.17. The highest BCUT2D eigenvalue weighted by molar-refractivity contribution is 5.92. The first-order valence-corrected chi connectivity index (χ1v) is 5.71. The lowest BCUT2D eigenvalue weighted by atomic mass is 10.3. The van der Waals surface area contributed by atoms with E-state index in [1.54, 1.807) is 36.4 Å². The lowest BCUT2D eigenvalue weighted by molar-refractivity contribution is -0.114. The van der Waals surface area contributed by atoms with E-state index < -0.39 is 0 Å². The van der Waals surface area contributed by atoms with Crippen LogP contribution in [-0.4, -0.2) is 12.5 Å². The average Bonchev–Trinajstić information content (AvgIpc) is 2.43. The van der Waals surface area contributed by atoms with Crippen molar-refractivity contribution in [2.45, 2.75) is 0 Å². The van der Waals surface area contributed by atoms with Crippen molar-refractivity contribution >= 4 is 11.6 Å². The first kappa shape index (κ1) is 13.0. The monoisotopic (exact) mass is 260 g/mol. The zero-order valence-corrected chi connectivity index (χ0v) is 10.1. The third-order valence-corrected chi connectivity index (χ3v) is 2.37. The van der Waals surface area contributed by atoms with E-state index in [-0.39, 0.29) is 18.3 Å². The Kier molecular flexibility index (Phi) is 4.10. The summed E-state index contributed by atoms with van der Waals surface area (Å²) < 4.78 is 18.2. The number of halogens is 1. The molecular weight excluding hydrogens is 247 g/mol. The van der Waals surface area contributed by atoms with Gasteiger partial charge in [0.25, 0.3) is 0 Å². The molecule has 0 spiro atoms. The number of rotatable bonds is 4. The van der Waals surface area contributed by atoms with Gasteiger partial charge >= 0.3 is 0 Å². The van der Waals surface area contributed by atoms with Crippen LogP contribution in [0.25, 0.3) is 0 Å². The zero-order valence-electron chi connectivity index (χ0n) is 10.1. The molecule has 0 aliphatic rings. The Labute approximate surface area is 110 Å². The van der Waals surface area contributed by atoms with Crippen LogP contribution in [0.15, 0.2) is 48.5 Å². The molecule has 5 heteroatoms. The standard InChI is InChI=1S/C14H13FN2O2/c15-10-1-5-12(6-2-10)19-13-7-3-11(4-8-13)17-14(18)9-16/h1-8H,9,16H2,(H,17,18). The first-order valence-electron chi connectivity index (χ1n) is 5.71. The van der Waals surface area contributed by atoms with Crippen LogP contribution >= 0.6 is 0 Å². The molecular formula is C14H13FN2O2. The summed E-state index contributed by atoms with van der Waals surface area (Å²) in [5.41, 5.74) is 5.84. The van der Waals surface area contributed by atoms with Gasteiger partial charge in [0, 0.05) is 5.69 Å².